The van der Waals surface area contributed by atoms with Crippen LogP contribution in [0, 0.1) is 0 Å². The van der Waals surface area contributed by atoms with E-state index in [0.29, 0.717) is 30.4 Å². The van der Waals surface area contributed by atoms with Crippen molar-refractivity contribution in [3.05, 3.63) is 89.7 Å². The van der Waals surface area contributed by atoms with E-state index >= 15 is 0 Å². The molecule has 1 aliphatic heterocycles. The third-order valence-electron chi connectivity index (χ3n) is 8.04. The predicted molar refractivity (Wildman–Crippen MR) is 154 cm³/mol. The number of Topliss-reactive ketones (excluding diaryl/α,β-unsaturated/α-hetero) is 1. The number of alkyl carbamates (subject to hydrolysis) is 1. The molecule has 0 saturated carbocycles. The van der Waals surface area contributed by atoms with Crippen molar-refractivity contribution in [2.45, 2.75) is 43.7 Å². The highest BCUT2D eigenvalue weighted by molar-refractivity contribution is 6.02. The molecule has 1 saturated heterocycles. The summed E-state index contributed by atoms with van der Waals surface area (Å²) in [5.74, 6) is -1.95. The topological polar surface area (TPSA) is 142 Å². The Labute approximate surface area is 241 Å². The monoisotopic (exact) mass is 566 g/mol. The normalized spacial score (nSPS) is 16.6. The summed E-state index contributed by atoms with van der Waals surface area (Å²) >= 11 is 0. The van der Waals surface area contributed by atoms with Gasteiger partial charge < -0.3 is 25.0 Å². The van der Waals surface area contributed by atoms with E-state index in [0.717, 1.165) is 22.3 Å². The van der Waals surface area contributed by atoms with Crippen LogP contribution in [-0.2, 0) is 14.3 Å². The molecule has 2 heterocycles. The van der Waals surface area contributed by atoms with Crippen LogP contribution in [0.4, 0.5) is 4.79 Å². The fraction of sp³-hybridized carbons (Fsp3) is 0.281. The summed E-state index contributed by atoms with van der Waals surface area (Å²) in [4.78, 5) is 60.3. The highest BCUT2D eigenvalue weighted by atomic mass is 16.5. The first-order chi connectivity index (χ1) is 20.4. The number of likely N-dealkylation sites (tertiary alicyclic amines) is 1. The number of aliphatic carboxylic acids is 1. The van der Waals surface area contributed by atoms with E-state index in [1.54, 1.807) is 6.07 Å². The number of ether oxygens (including phenoxy) is 1. The molecule has 3 aromatic carbocycles. The minimum atomic E-state index is -1.17. The van der Waals surface area contributed by atoms with Crippen LogP contribution >= 0.6 is 0 Å². The zero-order valence-corrected chi connectivity index (χ0v) is 22.8. The van der Waals surface area contributed by atoms with Crippen molar-refractivity contribution in [1.29, 1.82) is 0 Å². The molecule has 2 amide bonds. The Bertz CT molecular complexity index is 1600. The van der Waals surface area contributed by atoms with E-state index in [4.69, 9.17) is 4.74 Å². The highest BCUT2D eigenvalue weighted by Gasteiger charge is 2.39. The maximum Gasteiger partial charge on any atom is 0.407 e. The number of ketones is 1. The lowest BCUT2D eigenvalue weighted by molar-refractivity contribution is -0.138. The van der Waals surface area contributed by atoms with Crippen LogP contribution in [0.3, 0.4) is 0 Å². The third kappa shape index (κ3) is 5.23. The number of aromatic amines is 1. The Balaban J connectivity index is 1.15. The minimum Gasteiger partial charge on any atom is -0.481 e. The van der Waals surface area contributed by atoms with Crippen LogP contribution in [0.15, 0.2) is 72.8 Å². The summed E-state index contributed by atoms with van der Waals surface area (Å²) in [5, 5.41) is 11.9. The standard InChI is InChI=1S/C32H30N4O6/c37-28(38)16-15-26(31(40)36-17-7-14-27(36)29(39)30-33-24-12-5-6-13-25(24)34-30)35-32(41)42-18-23-21-10-3-1-8-19(21)20-9-2-4-11-22(20)23/h1-6,8-13,23,26-27H,7,14-18H2,(H,33,34)(H,35,41)(H,37,38)/t26-,27-/m0/s1. The number of nitrogens with one attached hydrogen (secondary N) is 2. The molecule has 3 N–H and O–H groups in total. The molecule has 10 heteroatoms. The number of carbonyl (C=O) groups is 4. The molecule has 4 aromatic rings. The summed E-state index contributed by atoms with van der Waals surface area (Å²) in [6.07, 6.45) is -0.256. The van der Waals surface area contributed by atoms with Gasteiger partial charge >= 0.3 is 12.1 Å². The number of para-hydroxylation sites is 2. The average molecular weight is 567 g/mol. The van der Waals surface area contributed by atoms with Gasteiger partial charge in [0.25, 0.3) is 0 Å². The maximum absolute atomic E-state index is 13.7. The minimum absolute atomic E-state index is 0.0522. The molecule has 0 bridgehead atoms. The van der Waals surface area contributed by atoms with Gasteiger partial charge in [-0.25, -0.2) is 9.78 Å². The predicted octanol–water partition coefficient (Wildman–Crippen LogP) is 4.51. The fourth-order valence-corrected chi connectivity index (χ4v) is 6.04. The Morgan fingerprint density at radius 2 is 1.64 bits per heavy atom. The van der Waals surface area contributed by atoms with Crippen LogP contribution in [0.5, 0.6) is 0 Å². The number of H-pyrrole nitrogens is 1. The molecule has 42 heavy (non-hydrogen) atoms. The van der Waals surface area contributed by atoms with Gasteiger partial charge in [-0.15, -0.1) is 0 Å². The van der Waals surface area contributed by atoms with Crippen LogP contribution < -0.4 is 5.32 Å². The lowest BCUT2D eigenvalue weighted by Crippen LogP contribution is -2.52. The van der Waals surface area contributed by atoms with E-state index in [-0.39, 0.29) is 37.0 Å². The summed E-state index contributed by atoms with van der Waals surface area (Å²) in [6.45, 7) is 0.363. The molecular formula is C32H30N4O6. The largest absolute Gasteiger partial charge is 0.481 e. The molecule has 1 fully saturated rings. The number of carboxylic acid groups (broad SMARTS) is 1. The Morgan fingerprint density at radius 3 is 2.33 bits per heavy atom. The van der Waals surface area contributed by atoms with Crippen molar-refractivity contribution >= 4 is 34.8 Å². The molecule has 0 radical (unpaired) electrons. The number of aromatic nitrogens is 2. The van der Waals surface area contributed by atoms with Gasteiger partial charge in [-0.1, -0.05) is 60.7 Å². The SMILES string of the molecule is O=C(O)CC[C@H](NC(=O)OCC1c2ccccc2-c2ccccc21)C(=O)N1CCC[C@H]1C(=O)c1nc2ccccc2[nH]1. The molecule has 10 nitrogen and oxygen atoms in total. The summed E-state index contributed by atoms with van der Waals surface area (Å²) in [5.41, 5.74) is 5.64. The maximum atomic E-state index is 13.7. The van der Waals surface area contributed by atoms with Crippen molar-refractivity contribution in [1.82, 2.24) is 20.2 Å². The van der Waals surface area contributed by atoms with Crippen molar-refractivity contribution in [3.63, 3.8) is 0 Å². The second kappa shape index (κ2) is 11.5. The van der Waals surface area contributed by atoms with E-state index in [1.165, 1.54) is 4.90 Å². The molecule has 0 unspecified atom stereocenters. The van der Waals surface area contributed by atoms with Crippen LogP contribution in [0.25, 0.3) is 22.2 Å². The first-order valence-electron chi connectivity index (χ1n) is 14.0. The van der Waals surface area contributed by atoms with Crippen molar-refractivity contribution in [3.8, 4) is 11.1 Å². The number of nitrogens with zero attached hydrogens (tertiary/aromatic N) is 2. The first kappa shape index (κ1) is 27.2. The molecule has 0 spiro atoms. The number of benzene rings is 3. The third-order valence-corrected chi connectivity index (χ3v) is 8.04. The summed E-state index contributed by atoms with van der Waals surface area (Å²) in [6, 6.07) is 21.2. The molecule has 2 aliphatic rings. The number of amides is 2. The van der Waals surface area contributed by atoms with Crippen molar-refractivity contribution in [2.75, 3.05) is 13.2 Å². The van der Waals surface area contributed by atoms with Gasteiger partial charge in [-0.05, 0) is 53.6 Å². The Kier molecular flexibility index (Phi) is 7.43. The van der Waals surface area contributed by atoms with E-state index in [2.05, 4.69) is 15.3 Å². The second-order valence-electron chi connectivity index (χ2n) is 10.6. The van der Waals surface area contributed by atoms with Crippen molar-refractivity contribution in [2.24, 2.45) is 0 Å². The molecule has 2 atom stereocenters. The molecule has 214 valence electrons. The average Bonchev–Trinajstić information content (AvgIpc) is 3.73. The van der Waals surface area contributed by atoms with Crippen LogP contribution in [-0.4, -0.2) is 69.0 Å². The molecule has 1 aromatic heterocycles. The van der Waals surface area contributed by atoms with E-state index < -0.39 is 30.1 Å². The molecule has 6 rings (SSSR count). The number of fused-ring (bicyclic) bond motifs is 4. The zero-order valence-electron chi connectivity index (χ0n) is 22.8. The summed E-state index contributed by atoms with van der Waals surface area (Å²) < 4.78 is 5.62. The van der Waals surface area contributed by atoms with Crippen LogP contribution in [0.2, 0.25) is 0 Å². The quantitative estimate of drug-likeness (QED) is 0.253. The van der Waals surface area contributed by atoms with Gasteiger partial charge in [0.2, 0.25) is 11.7 Å². The molecular weight excluding hydrogens is 536 g/mol. The summed E-state index contributed by atoms with van der Waals surface area (Å²) in [7, 11) is 0. The van der Waals surface area contributed by atoms with Gasteiger partial charge in [-0.3, -0.25) is 14.4 Å². The second-order valence-corrected chi connectivity index (χ2v) is 10.6. The number of rotatable bonds is 9. The number of hydrogen-bond donors (Lipinski definition) is 3. The van der Waals surface area contributed by atoms with Crippen molar-refractivity contribution < 1.29 is 29.0 Å². The smallest absolute Gasteiger partial charge is 0.407 e. The first-order valence-corrected chi connectivity index (χ1v) is 14.0. The van der Waals surface area contributed by atoms with Gasteiger partial charge in [0.1, 0.15) is 12.6 Å². The number of carboxylic acids is 1. The van der Waals surface area contributed by atoms with Crippen LogP contribution in [0.1, 0.15) is 53.3 Å². The molecule has 1 aliphatic carbocycles. The fourth-order valence-electron chi connectivity index (χ4n) is 6.04. The van der Waals surface area contributed by atoms with Gasteiger partial charge in [0.05, 0.1) is 17.1 Å². The number of hydrogen-bond acceptors (Lipinski definition) is 6. The van der Waals surface area contributed by atoms with E-state index in [1.807, 2.05) is 66.7 Å². The number of imidazole rings is 1. The Morgan fingerprint density at radius 1 is 0.976 bits per heavy atom. The van der Waals surface area contributed by atoms with Gasteiger partial charge in [0.15, 0.2) is 5.82 Å². The van der Waals surface area contributed by atoms with E-state index in [9.17, 15) is 24.3 Å². The number of carbonyl (C=O) groups excluding carboxylic acids is 3. The lowest BCUT2D eigenvalue weighted by Gasteiger charge is -2.28. The van der Waals surface area contributed by atoms with Gasteiger partial charge in [-0.2, -0.15) is 0 Å². The zero-order chi connectivity index (χ0) is 29.2. The lowest BCUT2D eigenvalue weighted by atomic mass is 9.98. The highest BCUT2D eigenvalue weighted by Crippen LogP contribution is 2.44. The Hall–Kier alpha value is -4.99. The van der Waals surface area contributed by atoms with Gasteiger partial charge in [0, 0.05) is 18.9 Å².